The first-order valence-electron chi connectivity index (χ1n) is 6.16. The van der Waals surface area contributed by atoms with Gasteiger partial charge in [-0.1, -0.05) is 54.6 Å². The van der Waals surface area contributed by atoms with Crippen molar-refractivity contribution in [3.63, 3.8) is 0 Å². The Morgan fingerprint density at radius 2 is 1.42 bits per heavy atom. The van der Waals surface area contributed by atoms with Gasteiger partial charge in [0.1, 0.15) is 5.82 Å². The van der Waals surface area contributed by atoms with Gasteiger partial charge in [0.15, 0.2) is 0 Å². The molecule has 0 saturated heterocycles. The van der Waals surface area contributed by atoms with E-state index in [2.05, 4.69) is 24.3 Å². The topological polar surface area (TPSA) is 0 Å². The third kappa shape index (κ3) is 2.55. The fourth-order valence-corrected chi connectivity index (χ4v) is 2.07. The Labute approximate surface area is 112 Å². The molecule has 0 aliphatic heterocycles. The largest absolute Gasteiger partial charge is 0.207 e. The molecule has 1 radical (unpaired) electrons. The lowest BCUT2D eigenvalue weighted by Gasteiger charge is -2.05. The smallest absolute Gasteiger partial charge is 0.123 e. The van der Waals surface area contributed by atoms with Gasteiger partial charge < -0.3 is 0 Å². The van der Waals surface area contributed by atoms with Gasteiger partial charge in [0.2, 0.25) is 0 Å². The maximum Gasteiger partial charge on any atom is 0.123 e. The molecule has 3 rings (SSSR count). The molecule has 3 aromatic carbocycles. The molecule has 0 bridgehead atoms. The second-order valence-electron chi connectivity index (χ2n) is 4.36. The second kappa shape index (κ2) is 5.07. The number of hydrogen-bond donors (Lipinski definition) is 0. The Bertz CT molecular complexity index is 670. The molecule has 0 aliphatic carbocycles. The summed E-state index contributed by atoms with van der Waals surface area (Å²) in [7, 11) is 0. The molecule has 19 heavy (non-hydrogen) atoms. The highest BCUT2D eigenvalue weighted by Crippen LogP contribution is 2.25. The van der Waals surface area contributed by atoms with E-state index in [9.17, 15) is 4.39 Å². The quantitative estimate of drug-likeness (QED) is 0.600. The summed E-state index contributed by atoms with van der Waals surface area (Å²) in [5.41, 5.74) is 4.25. The zero-order chi connectivity index (χ0) is 13.1. The molecule has 0 aromatic heterocycles. The molecule has 91 valence electrons. The fraction of sp³-hybridized carbons (Fsp3) is 0. The van der Waals surface area contributed by atoms with Crippen LogP contribution in [-0.4, -0.2) is 0 Å². The minimum atomic E-state index is -0.219. The van der Waals surface area contributed by atoms with Crippen LogP contribution in [0.3, 0.4) is 0 Å². The van der Waals surface area contributed by atoms with Crippen LogP contribution >= 0.6 is 0 Å². The minimum Gasteiger partial charge on any atom is -0.207 e. The average molecular weight is 247 g/mol. The van der Waals surface area contributed by atoms with Gasteiger partial charge in [0.05, 0.1) is 0 Å². The Morgan fingerprint density at radius 1 is 0.684 bits per heavy atom. The standard InChI is InChI=1S/C18H12F/c19-18-11-9-15(10-12-18)17-8-4-7-16(13-17)14-5-2-1-3-6-14/h1-7,9-13H. The summed E-state index contributed by atoms with van der Waals surface area (Å²) in [6.07, 6.45) is 0. The van der Waals surface area contributed by atoms with Crippen molar-refractivity contribution in [3.05, 3.63) is 84.7 Å². The average Bonchev–Trinajstić information content (AvgIpc) is 2.49. The van der Waals surface area contributed by atoms with Crippen molar-refractivity contribution in [1.29, 1.82) is 0 Å². The summed E-state index contributed by atoms with van der Waals surface area (Å²) in [5.74, 6) is -0.219. The van der Waals surface area contributed by atoms with Crippen molar-refractivity contribution in [2.75, 3.05) is 0 Å². The monoisotopic (exact) mass is 247 g/mol. The lowest BCUT2D eigenvalue weighted by atomic mass is 9.99. The molecular formula is C18H12F. The molecule has 3 aromatic rings. The molecule has 0 spiro atoms. The van der Waals surface area contributed by atoms with E-state index in [0.717, 1.165) is 16.7 Å². The number of hydrogen-bond acceptors (Lipinski definition) is 0. The van der Waals surface area contributed by atoms with E-state index in [4.69, 9.17) is 0 Å². The second-order valence-corrected chi connectivity index (χ2v) is 4.36. The number of halogens is 1. The van der Waals surface area contributed by atoms with Crippen LogP contribution in [0.2, 0.25) is 0 Å². The van der Waals surface area contributed by atoms with Crippen LogP contribution in [0.1, 0.15) is 0 Å². The van der Waals surface area contributed by atoms with Gasteiger partial charge in [-0.05, 0) is 46.5 Å². The van der Waals surface area contributed by atoms with Crippen LogP contribution < -0.4 is 0 Å². The molecule has 0 amide bonds. The highest BCUT2D eigenvalue weighted by atomic mass is 19.1. The summed E-state index contributed by atoms with van der Waals surface area (Å²) < 4.78 is 12.9. The third-order valence-corrected chi connectivity index (χ3v) is 3.06. The van der Waals surface area contributed by atoms with Crippen molar-refractivity contribution >= 4 is 0 Å². The molecule has 0 aliphatic rings. The van der Waals surface area contributed by atoms with Crippen LogP contribution in [0.4, 0.5) is 4.39 Å². The summed E-state index contributed by atoms with van der Waals surface area (Å²) in [6, 6.07) is 25.9. The predicted octanol–water partition coefficient (Wildman–Crippen LogP) is 4.96. The summed E-state index contributed by atoms with van der Waals surface area (Å²) in [6.45, 7) is 0. The van der Waals surface area contributed by atoms with Crippen molar-refractivity contribution in [2.45, 2.75) is 0 Å². The Morgan fingerprint density at radius 3 is 2.16 bits per heavy atom. The van der Waals surface area contributed by atoms with Gasteiger partial charge in [0, 0.05) is 0 Å². The lowest BCUT2D eigenvalue weighted by Crippen LogP contribution is -1.82. The van der Waals surface area contributed by atoms with Gasteiger partial charge in [-0.3, -0.25) is 0 Å². The highest BCUT2D eigenvalue weighted by Gasteiger charge is 2.01. The van der Waals surface area contributed by atoms with Gasteiger partial charge in [-0.15, -0.1) is 0 Å². The number of rotatable bonds is 2. The van der Waals surface area contributed by atoms with Crippen LogP contribution in [0.15, 0.2) is 72.8 Å². The van der Waals surface area contributed by atoms with Crippen LogP contribution in [0.25, 0.3) is 22.3 Å². The molecule has 0 saturated carbocycles. The van der Waals surface area contributed by atoms with Crippen LogP contribution in [-0.2, 0) is 0 Å². The molecule has 0 unspecified atom stereocenters. The van der Waals surface area contributed by atoms with E-state index < -0.39 is 0 Å². The zero-order valence-corrected chi connectivity index (χ0v) is 10.3. The van der Waals surface area contributed by atoms with E-state index in [-0.39, 0.29) is 5.82 Å². The SMILES string of the molecule is Fc1ccc(-c2[c]ccc(-c3ccccc3)c2)cc1. The van der Waals surface area contributed by atoms with Crippen molar-refractivity contribution < 1.29 is 4.39 Å². The van der Waals surface area contributed by atoms with Gasteiger partial charge in [0.25, 0.3) is 0 Å². The molecule has 1 heteroatoms. The van der Waals surface area contributed by atoms with Crippen molar-refractivity contribution in [1.82, 2.24) is 0 Å². The maximum atomic E-state index is 12.9. The van der Waals surface area contributed by atoms with E-state index in [1.165, 1.54) is 17.7 Å². The lowest BCUT2D eigenvalue weighted by molar-refractivity contribution is 0.628. The van der Waals surface area contributed by atoms with Crippen LogP contribution in [0.5, 0.6) is 0 Å². The summed E-state index contributed by atoms with van der Waals surface area (Å²) in [5, 5.41) is 0. The normalized spacial score (nSPS) is 10.4. The molecule has 0 heterocycles. The Balaban J connectivity index is 2.03. The van der Waals surface area contributed by atoms with E-state index in [1.807, 2.05) is 30.3 Å². The first-order chi connectivity index (χ1) is 9.33. The van der Waals surface area contributed by atoms with E-state index >= 15 is 0 Å². The minimum absolute atomic E-state index is 0.219. The first kappa shape index (κ1) is 11.7. The molecule has 0 fully saturated rings. The van der Waals surface area contributed by atoms with Gasteiger partial charge >= 0.3 is 0 Å². The van der Waals surface area contributed by atoms with E-state index in [1.54, 1.807) is 12.1 Å². The first-order valence-corrected chi connectivity index (χ1v) is 6.16. The van der Waals surface area contributed by atoms with Gasteiger partial charge in [-0.25, -0.2) is 4.39 Å². The summed E-state index contributed by atoms with van der Waals surface area (Å²) >= 11 is 0. The molecular weight excluding hydrogens is 235 g/mol. The Kier molecular flexibility index (Phi) is 3.11. The van der Waals surface area contributed by atoms with Crippen molar-refractivity contribution in [3.8, 4) is 22.3 Å². The molecule has 0 nitrogen and oxygen atoms in total. The molecule has 0 N–H and O–H groups in total. The molecule has 0 atom stereocenters. The van der Waals surface area contributed by atoms with E-state index in [0.29, 0.717) is 0 Å². The zero-order valence-electron chi connectivity index (χ0n) is 10.3. The predicted molar refractivity (Wildman–Crippen MR) is 76.1 cm³/mol. The number of benzene rings is 3. The van der Waals surface area contributed by atoms with Gasteiger partial charge in [-0.2, -0.15) is 0 Å². The Hall–Kier alpha value is -2.41. The fourth-order valence-electron chi connectivity index (χ4n) is 2.07. The summed E-state index contributed by atoms with van der Waals surface area (Å²) in [4.78, 5) is 0. The van der Waals surface area contributed by atoms with Crippen LogP contribution in [0, 0.1) is 11.9 Å². The maximum absolute atomic E-state index is 12.9. The third-order valence-electron chi connectivity index (χ3n) is 3.06. The van der Waals surface area contributed by atoms with Crippen molar-refractivity contribution in [2.24, 2.45) is 0 Å². The highest BCUT2D eigenvalue weighted by molar-refractivity contribution is 5.72.